The lowest BCUT2D eigenvalue weighted by Gasteiger charge is -2.05. The SMILES string of the molecule is COCCNCCC(=O)Nc1ccccc1. The summed E-state index contributed by atoms with van der Waals surface area (Å²) in [6.45, 7) is 2.11. The van der Waals surface area contributed by atoms with Crippen LogP contribution < -0.4 is 10.6 Å². The summed E-state index contributed by atoms with van der Waals surface area (Å²) in [6.07, 6.45) is 0.471. The van der Waals surface area contributed by atoms with Crippen LogP contribution in [0.15, 0.2) is 30.3 Å². The molecule has 0 saturated heterocycles. The third-order valence-electron chi connectivity index (χ3n) is 2.07. The number of benzene rings is 1. The van der Waals surface area contributed by atoms with Crippen LogP contribution in [0.25, 0.3) is 0 Å². The molecule has 1 aromatic carbocycles. The Labute approximate surface area is 96.0 Å². The number of para-hydroxylation sites is 1. The highest BCUT2D eigenvalue weighted by atomic mass is 16.5. The Hall–Kier alpha value is -1.39. The molecule has 4 heteroatoms. The molecule has 1 rings (SSSR count). The van der Waals surface area contributed by atoms with Crippen LogP contribution in [0.2, 0.25) is 0 Å². The van der Waals surface area contributed by atoms with Crippen molar-refractivity contribution in [3.05, 3.63) is 30.3 Å². The second kappa shape index (κ2) is 7.84. The van der Waals surface area contributed by atoms with E-state index >= 15 is 0 Å². The van der Waals surface area contributed by atoms with Gasteiger partial charge in [-0.3, -0.25) is 4.79 Å². The van der Waals surface area contributed by atoms with E-state index < -0.39 is 0 Å². The molecule has 0 bridgehead atoms. The molecule has 0 spiro atoms. The molecule has 0 unspecified atom stereocenters. The second-order valence-electron chi connectivity index (χ2n) is 3.41. The van der Waals surface area contributed by atoms with E-state index in [1.54, 1.807) is 7.11 Å². The van der Waals surface area contributed by atoms with Crippen molar-refractivity contribution in [2.24, 2.45) is 0 Å². The molecule has 0 heterocycles. The highest BCUT2D eigenvalue weighted by molar-refractivity contribution is 5.90. The second-order valence-corrected chi connectivity index (χ2v) is 3.41. The van der Waals surface area contributed by atoms with Crippen molar-refractivity contribution < 1.29 is 9.53 Å². The number of anilines is 1. The molecule has 1 amide bonds. The maximum atomic E-state index is 11.5. The molecular formula is C12H18N2O2. The number of nitrogens with one attached hydrogen (secondary N) is 2. The van der Waals surface area contributed by atoms with E-state index in [4.69, 9.17) is 4.74 Å². The number of amides is 1. The fourth-order valence-corrected chi connectivity index (χ4v) is 1.25. The molecule has 2 N–H and O–H groups in total. The summed E-state index contributed by atoms with van der Waals surface area (Å²) in [5.41, 5.74) is 0.837. The van der Waals surface area contributed by atoms with E-state index in [0.717, 1.165) is 12.2 Å². The summed E-state index contributed by atoms with van der Waals surface area (Å²) in [5.74, 6) is 0.0242. The molecule has 1 aromatic rings. The molecule has 16 heavy (non-hydrogen) atoms. The third kappa shape index (κ3) is 5.48. The van der Waals surface area contributed by atoms with Crippen LogP contribution in [-0.2, 0) is 9.53 Å². The molecule has 0 aliphatic rings. The predicted molar refractivity (Wildman–Crippen MR) is 64.4 cm³/mol. The predicted octanol–water partition coefficient (Wildman–Crippen LogP) is 1.25. The fraction of sp³-hybridized carbons (Fsp3) is 0.417. The first-order valence-corrected chi connectivity index (χ1v) is 5.37. The lowest BCUT2D eigenvalue weighted by atomic mass is 10.3. The minimum Gasteiger partial charge on any atom is -0.383 e. The van der Waals surface area contributed by atoms with Crippen LogP contribution >= 0.6 is 0 Å². The Bertz CT molecular complexity index is 301. The van der Waals surface area contributed by atoms with Gasteiger partial charge in [-0.05, 0) is 12.1 Å². The van der Waals surface area contributed by atoms with Gasteiger partial charge in [-0.1, -0.05) is 18.2 Å². The highest BCUT2D eigenvalue weighted by Gasteiger charge is 2.00. The number of rotatable bonds is 7. The minimum atomic E-state index is 0.0242. The van der Waals surface area contributed by atoms with Gasteiger partial charge in [0.05, 0.1) is 6.61 Å². The fourth-order valence-electron chi connectivity index (χ4n) is 1.25. The van der Waals surface area contributed by atoms with Crippen LogP contribution in [0.1, 0.15) is 6.42 Å². The summed E-state index contributed by atoms with van der Waals surface area (Å²) in [5, 5.41) is 5.94. The molecule has 88 valence electrons. The topological polar surface area (TPSA) is 50.4 Å². The van der Waals surface area contributed by atoms with E-state index in [2.05, 4.69) is 10.6 Å². The Morgan fingerprint density at radius 3 is 2.69 bits per heavy atom. The van der Waals surface area contributed by atoms with E-state index in [1.807, 2.05) is 30.3 Å². The molecule has 0 radical (unpaired) electrons. The number of hydrogen-bond acceptors (Lipinski definition) is 3. The maximum absolute atomic E-state index is 11.5. The Balaban J connectivity index is 2.12. The molecule has 0 fully saturated rings. The Kier molecular flexibility index (Phi) is 6.22. The number of carbonyl (C=O) groups is 1. The van der Waals surface area contributed by atoms with Gasteiger partial charge < -0.3 is 15.4 Å². The van der Waals surface area contributed by atoms with E-state index in [-0.39, 0.29) is 5.91 Å². The Morgan fingerprint density at radius 2 is 2.00 bits per heavy atom. The number of ether oxygens (including phenoxy) is 1. The first kappa shape index (κ1) is 12.7. The summed E-state index contributed by atoms with van der Waals surface area (Å²) in [6, 6.07) is 9.45. The lowest BCUT2D eigenvalue weighted by molar-refractivity contribution is -0.116. The highest BCUT2D eigenvalue weighted by Crippen LogP contribution is 2.04. The van der Waals surface area contributed by atoms with Crippen molar-refractivity contribution in [1.29, 1.82) is 0 Å². The summed E-state index contributed by atoms with van der Waals surface area (Å²) in [7, 11) is 1.66. The van der Waals surface area contributed by atoms with Gasteiger partial charge in [-0.2, -0.15) is 0 Å². The molecule has 0 saturated carbocycles. The van der Waals surface area contributed by atoms with E-state index in [1.165, 1.54) is 0 Å². The van der Waals surface area contributed by atoms with Crippen molar-refractivity contribution >= 4 is 11.6 Å². The minimum absolute atomic E-state index is 0.0242. The third-order valence-corrected chi connectivity index (χ3v) is 2.07. The van der Waals surface area contributed by atoms with Gasteiger partial charge in [-0.15, -0.1) is 0 Å². The monoisotopic (exact) mass is 222 g/mol. The van der Waals surface area contributed by atoms with Gasteiger partial charge in [0.25, 0.3) is 0 Å². The van der Waals surface area contributed by atoms with Gasteiger partial charge in [0, 0.05) is 32.3 Å². The molecule has 4 nitrogen and oxygen atoms in total. The van der Waals surface area contributed by atoms with E-state index in [9.17, 15) is 4.79 Å². The zero-order chi connectivity index (χ0) is 11.6. The van der Waals surface area contributed by atoms with Crippen LogP contribution in [-0.4, -0.2) is 32.7 Å². The average Bonchev–Trinajstić information content (AvgIpc) is 2.30. The molecule has 0 aliphatic carbocycles. The summed E-state index contributed by atoms with van der Waals surface area (Å²) < 4.78 is 4.88. The quantitative estimate of drug-likeness (QED) is 0.683. The van der Waals surface area contributed by atoms with Crippen molar-refractivity contribution in [1.82, 2.24) is 5.32 Å². The van der Waals surface area contributed by atoms with Crippen molar-refractivity contribution in [2.75, 3.05) is 32.1 Å². The normalized spacial score (nSPS) is 10.1. The first-order chi connectivity index (χ1) is 7.83. The maximum Gasteiger partial charge on any atom is 0.225 e. The van der Waals surface area contributed by atoms with Gasteiger partial charge >= 0.3 is 0 Å². The largest absolute Gasteiger partial charge is 0.383 e. The zero-order valence-electron chi connectivity index (χ0n) is 9.53. The lowest BCUT2D eigenvalue weighted by Crippen LogP contribution is -2.24. The molecule has 0 atom stereocenters. The van der Waals surface area contributed by atoms with Crippen molar-refractivity contribution in [2.45, 2.75) is 6.42 Å². The van der Waals surface area contributed by atoms with Crippen molar-refractivity contribution in [3.63, 3.8) is 0 Å². The summed E-state index contributed by atoms with van der Waals surface area (Å²) >= 11 is 0. The van der Waals surface area contributed by atoms with Crippen LogP contribution in [0, 0.1) is 0 Å². The van der Waals surface area contributed by atoms with Gasteiger partial charge in [0.15, 0.2) is 0 Å². The zero-order valence-corrected chi connectivity index (χ0v) is 9.53. The first-order valence-electron chi connectivity index (χ1n) is 5.37. The Morgan fingerprint density at radius 1 is 1.25 bits per heavy atom. The average molecular weight is 222 g/mol. The van der Waals surface area contributed by atoms with Crippen LogP contribution in [0.3, 0.4) is 0 Å². The van der Waals surface area contributed by atoms with Gasteiger partial charge in [0.2, 0.25) is 5.91 Å². The van der Waals surface area contributed by atoms with Gasteiger partial charge in [0.1, 0.15) is 0 Å². The number of hydrogen-bond donors (Lipinski definition) is 2. The number of methoxy groups -OCH3 is 1. The van der Waals surface area contributed by atoms with E-state index in [0.29, 0.717) is 19.6 Å². The van der Waals surface area contributed by atoms with Crippen LogP contribution in [0.5, 0.6) is 0 Å². The molecule has 0 aliphatic heterocycles. The van der Waals surface area contributed by atoms with Gasteiger partial charge in [-0.25, -0.2) is 0 Å². The van der Waals surface area contributed by atoms with Crippen LogP contribution in [0.4, 0.5) is 5.69 Å². The number of carbonyl (C=O) groups excluding carboxylic acids is 1. The standard InChI is InChI=1S/C12H18N2O2/c1-16-10-9-13-8-7-12(15)14-11-5-3-2-4-6-11/h2-6,13H,7-10H2,1H3,(H,14,15). The van der Waals surface area contributed by atoms with Crippen molar-refractivity contribution in [3.8, 4) is 0 Å². The molecular weight excluding hydrogens is 204 g/mol. The summed E-state index contributed by atoms with van der Waals surface area (Å²) in [4.78, 5) is 11.5. The smallest absolute Gasteiger partial charge is 0.225 e. The molecule has 0 aromatic heterocycles.